The quantitative estimate of drug-likeness (QED) is 0.764. The highest BCUT2D eigenvalue weighted by molar-refractivity contribution is 5.70. The summed E-state index contributed by atoms with van der Waals surface area (Å²) in [4.78, 5) is 4.54. The lowest BCUT2D eigenvalue weighted by Gasteiger charge is -2.29. The van der Waals surface area contributed by atoms with Crippen LogP contribution < -0.4 is 0 Å². The number of pyridine rings is 1. The van der Waals surface area contributed by atoms with Crippen LogP contribution in [0.1, 0.15) is 30.2 Å². The fourth-order valence-corrected chi connectivity index (χ4v) is 2.81. The molecule has 0 amide bonds. The third kappa shape index (κ3) is 2.44. The Bertz CT molecular complexity index is 667. The average molecular weight is 261 g/mol. The largest absolute Gasteiger partial charge is 0.260 e. The number of allylic oxidation sites excluding steroid dienone is 4. The van der Waals surface area contributed by atoms with Gasteiger partial charge in [-0.3, -0.25) is 4.98 Å². The van der Waals surface area contributed by atoms with Gasteiger partial charge in [-0.1, -0.05) is 61.0 Å². The van der Waals surface area contributed by atoms with E-state index in [1.807, 2.05) is 12.3 Å². The van der Waals surface area contributed by atoms with Crippen molar-refractivity contribution >= 4 is 5.57 Å². The molecule has 1 unspecified atom stereocenters. The van der Waals surface area contributed by atoms with Crippen molar-refractivity contribution in [3.63, 3.8) is 0 Å². The third-order valence-corrected chi connectivity index (χ3v) is 3.96. The lowest BCUT2D eigenvalue weighted by molar-refractivity contribution is 0.588. The van der Waals surface area contributed by atoms with E-state index in [0.29, 0.717) is 0 Å². The molecule has 1 atom stereocenters. The summed E-state index contributed by atoms with van der Waals surface area (Å²) in [6.07, 6.45) is 9.51. The molecule has 1 heterocycles. The van der Waals surface area contributed by atoms with Crippen LogP contribution in [0.5, 0.6) is 0 Å². The fraction of sp³-hybridized carbons (Fsp3) is 0.211. The van der Waals surface area contributed by atoms with E-state index in [1.165, 1.54) is 16.7 Å². The molecule has 0 bridgehead atoms. The van der Waals surface area contributed by atoms with Gasteiger partial charge in [0.15, 0.2) is 0 Å². The normalized spacial score (nSPS) is 21.6. The second-order valence-electron chi connectivity index (χ2n) is 5.73. The van der Waals surface area contributed by atoms with Crippen LogP contribution in [0.4, 0.5) is 0 Å². The molecule has 3 rings (SSSR count). The molecule has 0 N–H and O–H groups in total. The molecule has 0 radical (unpaired) electrons. The topological polar surface area (TPSA) is 12.9 Å². The summed E-state index contributed by atoms with van der Waals surface area (Å²) in [7, 11) is 0. The lowest BCUT2D eigenvalue weighted by atomic mass is 9.75. The lowest BCUT2D eigenvalue weighted by Crippen LogP contribution is -2.22. The predicted molar refractivity (Wildman–Crippen MR) is 84.5 cm³/mol. The number of nitrogens with zero attached hydrogens (tertiary/aromatic N) is 1. The smallest absolute Gasteiger partial charge is 0.0503 e. The molecule has 0 aliphatic heterocycles. The minimum absolute atomic E-state index is 0.0188. The summed E-state index contributed by atoms with van der Waals surface area (Å²) >= 11 is 0. The van der Waals surface area contributed by atoms with E-state index in [1.54, 1.807) is 0 Å². The van der Waals surface area contributed by atoms with Crippen molar-refractivity contribution in [3.8, 4) is 0 Å². The van der Waals surface area contributed by atoms with Gasteiger partial charge in [0.1, 0.15) is 0 Å². The first-order valence-corrected chi connectivity index (χ1v) is 7.04. The van der Waals surface area contributed by atoms with Crippen molar-refractivity contribution in [1.29, 1.82) is 0 Å². The molecule has 0 fully saturated rings. The van der Waals surface area contributed by atoms with Crippen LogP contribution in [0.3, 0.4) is 0 Å². The molecule has 1 aromatic heterocycles. The SMILES string of the molecule is Cc1cccc(C2=CC=CC(C)(c3ccccn3)C2)c1. The Morgan fingerprint density at radius 3 is 2.75 bits per heavy atom. The maximum Gasteiger partial charge on any atom is 0.0503 e. The fourth-order valence-electron chi connectivity index (χ4n) is 2.81. The van der Waals surface area contributed by atoms with E-state index in [9.17, 15) is 0 Å². The molecule has 2 aromatic rings. The molecular weight excluding hydrogens is 242 g/mol. The van der Waals surface area contributed by atoms with Crippen LogP contribution in [0.25, 0.3) is 5.57 Å². The van der Waals surface area contributed by atoms with Crippen molar-refractivity contribution in [2.24, 2.45) is 0 Å². The maximum absolute atomic E-state index is 4.54. The minimum Gasteiger partial charge on any atom is -0.260 e. The molecule has 0 spiro atoms. The van der Waals surface area contributed by atoms with Crippen LogP contribution in [0.2, 0.25) is 0 Å². The Kier molecular flexibility index (Phi) is 3.27. The van der Waals surface area contributed by atoms with Crippen LogP contribution in [-0.2, 0) is 5.41 Å². The summed E-state index contributed by atoms with van der Waals surface area (Å²) in [6.45, 7) is 4.40. The number of aryl methyl sites for hydroxylation is 1. The second-order valence-corrected chi connectivity index (χ2v) is 5.73. The standard InChI is InChI=1S/C19H19N/c1-15-7-5-8-16(13-15)17-9-6-11-19(2,14-17)18-10-3-4-12-20-18/h3-13H,14H2,1-2H3. The van der Waals surface area contributed by atoms with Crippen molar-refractivity contribution in [2.45, 2.75) is 25.7 Å². The molecule has 0 saturated carbocycles. The van der Waals surface area contributed by atoms with Crippen LogP contribution in [0.15, 0.2) is 66.9 Å². The highest BCUT2D eigenvalue weighted by Gasteiger charge is 2.28. The highest BCUT2D eigenvalue weighted by Crippen LogP contribution is 2.37. The van der Waals surface area contributed by atoms with Crippen molar-refractivity contribution in [2.75, 3.05) is 0 Å². The summed E-state index contributed by atoms with van der Waals surface area (Å²) in [6, 6.07) is 14.9. The predicted octanol–water partition coefficient (Wildman–Crippen LogP) is 4.69. The minimum atomic E-state index is -0.0188. The van der Waals surface area contributed by atoms with Crippen molar-refractivity contribution < 1.29 is 0 Å². The highest BCUT2D eigenvalue weighted by atomic mass is 14.7. The molecule has 20 heavy (non-hydrogen) atoms. The van der Waals surface area contributed by atoms with Crippen LogP contribution in [0, 0.1) is 6.92 Å². The molecule has 0 saturated heterocycles. The maximum atomic E-state index is 4.54. The van der Waals surface area contributed by atoms with Gasteiger partial charge < -0.3 is 0 Å². The van der Waals surface area contributed by atoms with E-state index in [0.717, 1.165) is 12.1 Å². The Morgan fingerprint density at radius 2 is 2.00 bits per heavy atom. The first kappa shape index (κ1) is 12.9. The summed E-state index contributed by atoms with van der Waals surface area (Å²) in [5.41, 5.74) is 5.11. The zero-order chi connectivity index (χ0) is 14.0. The van der Waals surface area contributed by atoms with Gasteiger partial charge >= 0.3 is 0 Å². The van der Waals surface area contributed by atoms with E-state index in [-0.39, 0.29) is 5.41 Å². The molecule has 1 aromatic carbocycles. The Hall–Kier alpha value is -2.15. The zero-order valence-corrected chi connectivity index (χ0v) is 12.0. The molecule has 1 heteroatoms. The first-order valence-electron chi connectivity index (χ1n) is 7.04. The molecule has 1 aliphatic carbocycles. The third-order valence-electron chi connectivity index (χ3n) is 3.96. The summed E-state index contributed by atoms with van der Waals surface area (Å²) in [5.74, 6) is 0. The van der Waals surface area contributed by atoms with Gasteiger partial charge in [-0.2, -0.15) is 0 Å². The number of rotatable bonds is 2. The van der Waals surface area contributed by atoms with Gasteiger partial charge in [0.05, 0.1) is 5.69 Å². The number of benzene rings is 1. The Balaban J connectivity index is 1.95. The van der Waals surface area contributed by atoms with E-state index in [2.05, 4.69) is 73.5 Å². The first-order chi connectivity index (χ1) is 9.67. The van der Waals surface area contributed by atoms with Crippen LogP contribution >= 0.6 is 0 Å². The molecular formula is C19H19N. The summed E-state index contributed by atoms with van der Waals surface area (Å²) in [5, 5.41) is 0. The van der Waals surface area contributed by atoms with Gasteiger partial charge in [0.2, 0.25) is 0 Å². The molecule has 100 valence electrons. The number of hydrogen-bond donors (Lipinski definition) is 0. The van der Waals surface area contributed by atoms with Crippen molar-refractivity contribution in [1.82, 2.24) is 4.98 Å². The van der Waals surface area contributed by atoms with Gasteiger partial charge in [0.25, 0.3) is 0 Å². The Morgan fingerprint density at radius 1 is 1.10 bits per heavy atom. The van der Waals surface area contributed by atoms with E-state index < -0.39 is 0 Å². The number of hydrogen-bond acceptors (Lipinski definition) is 1. The van der Waals surface area contributed by atoms with Gasteiger partial charge in [-0.15, -0.1) is 0 Å². The number of aromatic nitrogens is 1. The molecule has 1 aliphatic rings. The summed E-state index contributed by atoms with van der Waals surface area (Å²) < 4.78 is 0. The molecule has 1 nitrogen and oxygen atoms in total. The van der Waals surface area contributed by atoms with Gasteiger partial charge in [-0.25, -0.2) is 0 Å². The second kappa shape index (κ2) is 5.09. The van der Waals surface area contributed by atoms with Crippen LogP contribution in [-0.4, -0.2) is 4.98 Å². The average Bonchev–Trinajstić information content (AvgIpc) is 2.48. The monoisotopic (exact) mass is 261 g/mol. The van der Waals surface area contributed by atoms with Gasteiger partial charge in [0, 0.05) is 11.6 Å². The van der Waals surface area contributed by atoms with Crippen molar-refractivity contribution in [3.05, 3.63) is 83.7 Å². The van der Waals surface area contributed by atoms with Gasteiger partial charge in [-0.05, 0) is 36.6 Å². The Labute approximate surface area is 120 Å². The van der Waals surface area contributed by atoms with E-state index in [4.69, 9.17) is 0 Å². The zero-order valence-electron chi connectivity index (χ0n) is 12.0. The van der Waals surface area contributed by atoms with E-state index >= 15 is 0 Å².